The third-order valence-electron chi connectivity index (χ3n) is 3.03. The molecule has 1 heterocycles. The summed E-state index contributed by atoms with van der Waals surface area (Å²) < 4.78 is 14.1. The van der Waals surface area contributed by atoms with Gasteiger partial charge in [0, 0.05) is 17.4 Å². The number of rotatable bonds is 7. The number of aromatic nitrogens is 1. The van der Waals surface area contributed by atoms with Crippen LogP contribution in [0.4, 0.5) is 4.79 Å². The van der Waals surface area contributed by atoms with Crippen LogP contribution in [-0.4, -0.2) is 34.7 Å². The Morgan fingerprint density at radius 2 is 2.09 bits per heavy atom. The van der Waals surface area contributed by atoms with Gasteiger partial charge in [0.05, 0.1) is 7.11 Å². The van der Waals surface area contributed by atoms with Crippen molar-refractivity contribution in [3.05, 3.63) is 46.8 Å². The summed E-state index contributed by atoms with van der Waals surface area (Å²) in [5.74, 6) is -0.796. The maximum Gasteiger partial charge on any atom is 0.408 e. The fourth-order valence-corrected chi connectivity index (χ4v) is 2.54. The Morgan fingerprint density at radius 3 is 2.74 bits per heavy atom. The second kappa shape index (κ2) is 8.14. The molecule has 1 aromatic carbocycles. The zero-order valence-electron chi connectivity index (χ0n) is 12.4. The molecular weight excluding hydrogens is 320 g/mol. The normalized spacial score (nSPS) is 11.5. The summed E-state index contributed by atoms with van der Waals surface area (Å²) in [6.45, 7) is 0.0718. The number of alkyl carbamates (subject to hydrolysis) is 1. The number of nitrogens with one attached hydrogen (secondary N) is 1. The third-order valence-corrected chi connectivity index (χ3v) is 3.69. The number of carboxylic acid groups (broad SMARTS) is 1. The van der Waals surface area contributed by atoms with Crippen molar-refractivity contribution in [1.82, 2.24) is 9.69 Å². The van der Waals surface area contributed by atoms with Crippen molar-refractivity contribution < 1.29 is 24.2 Å². The molecule has 122 valence electrons. The summed E-state index contributed by atoms with van der Waals surface area (Å²) in [5, 5.41) is 13.3. The quantitative estimate of drug-likeness (QED) is 0.803. The van der Waals surface area contributed by atoms with Crippen molar-refractivity contribution in [1.29, 1.82) is 0 Å². The zero-order valence-corrected chi connectivity index (χ0v) is 13.2. The molecule has 0 aliphatic carbocycles. The average molecular weight is 336 g/mol. The van der Waals surface area contributed by atoms with E-state index in [1.54, 1.807) is 5.38 Å². The van der Waals surface area contributed by atoms with E-state index in [9.17, 15) is 14.7 Å². The molecule has 0 aliphatic heterocycles. The Hall–Kier alpha value is -2.61. The number of carbonyl (C=O) groups excluding carboxylic acids is 1. The minimum atomic E-state index is -1.16. The molecule has 1 aromatic heterocycles. The van der Waals surface area contributed by atoms with Gasteiger partial charge in [-0.25, -0.2) is 9.59 Å². The highest BCUT2D eigenvalue weighted by Crippen LogP contribution is 2.20. The van der Waals surface area contributed by atoms with Crippen LogP contribution < -0.4 is 10.1 Å². The van der Waals surface area contributed by atoms with Crippen LogP contribution in [0, 0.1) is 0 Å². The molecule has 2 rings (SSSR count). The molecule has 7 nitrogen and oxygen atoms in total. The lowest BCUT2D eigenvalue weighted by Crippen LogP contribution is -2.42. The fraction of sp³-hybridized carbons (Fsp3) is 0.267. The molecule has 0 saturated heterocycles. The van der Waals surface area contributed by atoms with E-state index in [1.165, 1.54) is 7.11 Å². The lowest BCUT2D eigenvalue weighted by molar-refractivity contribution is -0.139. The van der Waals surface area contributed by atoms with Gasteiger partial charge in [-0.3, -0.25) is 0 Å². The summed E-state index contributed by atoms with van der Waals surface area (Å²) in [4.78, 5) is 23.1. The molecule has 1 unspecified atom stereocenters. The largest absolute Gasteiger partial charge is 0.480 e. The first-order valence-corrected chi connectivity index (χ1v) is 7.61. The summed E-state index contributed by atoms with van der Waals surface area (Å²) in [7, 11) is 1.45. The Balaban J connectivity index is 1.91. The maximum absolute atomic E-state index is 11.8. The molecule has 23 heavy (non-hydrogen) atoms. The van der Waals surface area contributed by atoms with E-state index < -0.39 is 18.1 Å². The first kappa shape index (κ1) is 16.8. The van der Waals surface area contributed by atoms with Crippen LogP contribution in [0.3, 0.4) is 0 Å². The molecule has 0 radical (unpaired) electrons. The second-order valence-corrected chi connectivity index (χ2v) is 5.28. The number of hydrogen-bond donors (Lipinski definition) is 2. The van der Waals surface area contributed by atoms with Gasteiger partial charge in [0.1, 0.15) is 12.6 Å². The molecule has 8 heteroatoms. The molecule has 0 bridgehead atoms. The SMILES string of the molecule is COc1nscc1CC(NC(=O)OCc1ccccc1)C(=O)O. The number of carbonyl (C=O) groups is 2. The Bertz CT molecular complexity index is 659. The van der Waals surface area contributed by atoms with E-state index >= 15 is 0 Å². The van der Waals surface area contributed by atoms with Gasteiger partial charge in [-0.15, -0.1) is 0 Å². The van der Waals surface area contributed by atoms with Crippen molar-refractivity contribution in [2.24, 2.45) is 0 Å². The van der Waals surface area contributed by atoms with Crippen LogP contribution in [-0.2, 0) is 22.6 Å². The van der Waals surface area contributed by atoms with Gasteiger partial charge in [0.15, 0.2) is 0 Å². The molecule has 0 saturated carbocycles. The van der Waals surface area contributed by atoms with Gasteiger partial charge < -0.3 is 19.9 Å². The van der Waals surface area contributed by atoms with E-state index in [1.807, 2.05) is 30.3 Å². The molecular formula is C15H16N2O5S. The highest BCUT2D eigenvalue weighted by Gasteiger charge is 2.23. The number of nitrogens with zero attached hydrogens (tertiary/aromatic N) is 1. The zero-order chi connectivity index (χ0) is 16.7. The fourth-order valence-electron chi connectivity index (χ4n) is 1.88. The second-order valence-electron chi connectivity index (χ2n) is 4.65. The molecule has 2 N–H and O–H groups in total. The highest BCUT2D eigenvalue weighted by atomic mass is 32.1. The number of benzene rings is 1. The molecule has 2 aromatic rings. The summed E-state index contributed by atoms with van der Waals surface area (Å²) in [6, 6.07) is 8.00. The molecule has 0 fully saturated rings. The van der Waals surface area contributed by atoms with Gasteiger partial charge in [-0.1, -0.05) is 30.3 Å². The number of amides is 1. The van der Waals surface area contributed by atoms with E-state index in [0.717, 1.165) is 17.1 Å². The monoisotopic (exact) mass is 336 g/mol. The number of methoxy groups -OCH3 is 1. The number of ether oxygens (including phenoxy) is 2. The minimum Gasteiger partial charge on any atom is -0.480 e. The van der Waals surface area contributed by atoms with Crippen LogP contribution in [0.15, 0.2) is 35.7 Å². The molecule has 1 amide bonds. The Morgan fingerprint density at radius 1 is 1.35 bits per heavy atom. The summed E-state index contributed by atoms with van der Waals surface area (Å²) in [5.41, 5.74) is 1.44. The lowest BCUT2D eigenvalue weighted by atomic mass is 10.1. The average Bonchev–Trinajstić information content (AvgIpc) is 3.00. The van der Waals surface area contributed by atoms with Gasteiger partial charge in [0.25, 0.3) is 0 Å². The number of aliphatic carboxylic acids is 1. The van der Waals surface area contributed by atoms with Gasteiger partial charge >= 0.3 is 12.1 Å². The predicted molar refractivity (Wildman–Crippen MR) is 83.6 cm³/mol. The topological polar surface area (TPSA) is 97.8 Å². The lowest BCUT2D eigenvalue weighted by Gasteiger charge is -2.14. The van der Waals surface area contributed by atoms with Crippen LogP contribution >= 0.6 is 11.5 Å². The minimum absolute atomic E-state index is 0.0649. The predicted octanol–water partition coefficient (Wildman–Crippen LogP) is 2.07. The van der Waals surface area contributed by atoms with Crippen molar-refractivity contribution in [3.8, 4) is 5.88 Å². The van der Waals surface area contributed by atoms with Crippen LogP contribution in [0.25, 0.3) is 0 Å². The van der Waals surface area contributed by atoms with Crippen molar-refractivity contribution in [2.75, 3.05) is 7.11 Å². The summed E-state index contributed by atoms with van der Waals surface area (Å²) >= 11 is 1.16. The molecule has 1 atom stereocenters. The van der Waals surface area contributed by atoms with Crippen LogP contribution in [0.1, 0.15) is 11.1 Å². The van der Waals surface area contributed by atoms with Gasteiger partial charge in [-0.05, 0) is 17.1 Å². The smallest absolute Gasteiger partial charge is 0.408 e. The Kier molecular flexibility index (Phi) is 5.93. The molecule has 0 aliphatic rings. The van der Waals surface area contributed by atoms with Crippen LogP contribution in [0.2, 0.25) is 0 Å². The number of carboxylic acids is 1. The summed E-state index contributed by atoms with van der Waals surface area (Å²) in [6.07, 6.45) is -0.724. The van der Waals surface area contributed by atoms with Crippen molar-refractivity contribution in [2.45, 2.75) is 19.1 Å². The number of hydrogen-bond acceptors (Lipinski definition) is 6. The van der Waals surface area contributed by atoms with Crippen molar-refractivity contribution in [3.63, 3.8) is 0 Å². The highest BCUT2D eigenvalue weighted by molar-refractivity contribution is 7.03. The van der Waals surface area contributed by atoms with Crippen molar-refractivity contribution >= 4 is 23.6 Å². The van der Waals surface area contributed by atoms with Gasteiger partial charge in [0.2, 0.25) is 5.88 Å². The Labute approximate surface area is 137 Å². The van der Waals surface area contributed by atoms with E-state index in [-0.39, 0.29) is 13.0 Å². The first-order chi connectivity index (χ1) is 11.1. The van der Waals surface area contributed by atoms with E-state index in [2.05, 4.69) is 9.69 Å². The van der Waals surface area contributed by atoms with E-state index in [4.69, 9.17) is 9.47 Å². The maximum atomic E-state index is 11.8. The third kappa shape index (κ3) is 4.96. The van der Waals surface area contributed by atoms with E-state index in [0.29, 0.717) is 11.4 Å². The van der Waals surface area contributed by atoms with Gasteiger partial charge in [-0.2, -0.15) is 4.37 Å². The standard InChI is InChI=1S/C15H16N2O5S/c1-21-13-11(9-23-17-13)7-12(14(18)19)16-15(20)22-8-10-5-3-2-4-6-10/h2-6,9,12H,7-8H2,1H3,(H,16,20)(H,18,19). The van der Waals surface area contributed by atoms with Crippen LogP contribution in [0.5, 0.6) is 5.88 Å². The molecule has 0 spiro atoms. The first-order valence-electron chi connectivity index (χ1n) is 6.77.